The maximum absolute atomic E-state index is 12.2. The molecule has 0 atom stereocenters. The Bertz CT molecular complexity index is 624. The number of benzene rings is 2. The topological polar surface area (TPSA) is 34.1 Å². The van der Waals surface area contributed by atoms with Crippen molar-refractivity contribution >= 4 is 58.0 Å². The summed E-state index contributed by atoms with van der Waals surface area (Å²) < 4.78 is 0. The number of halogens is 4. The van der Waals surface area contributed by atoms with Crippen molar-refractivity contribution in [2.75, 3.05) is 0 Å². The second-order valence-corrected chi connectivity index (χ2v) is 5.85. The lowest BCUT2D eigenvalue weighted by atomic mass is 10.0. The van der Waals surface area contributed by atoms with Crippen LogP contribution >= 0.6 is 46.4 Å². The van der Waals surface area contributed by atoms with Crippen LogP contribution in [0.4, 0.5) is 0 Å². The summed E-state index contributed by atoms with van der Waals surface area (Å²) in [5.41, 5.74) is 0.245. The summed E-state index contributed by atoms with van der Waals surface area (Å²) in [6.07, 6.45) is -0.410. The first-order valence-corrected chi connectivity index (χ1v) is 7.37. The minimum Gasteiger partial charge on any atom is -0.294 e. The molecule has 0 N–H and O–H groups in total. The first kappa shape index (κ1) is 16.3. The number of rotatable bonds is 4. The molecule has 21 heavy (non-hydrogen) atoms. The lowest BCUT2D eigenvalue weighted by Gasteiger charge is -2.07. The second-order valence-electron chi connectivity index (χ2n) is 4.22. The molecule has 0 saturated heterocycles. The molecule has 6 heteroatoms. The first-order valence-electron chi connectivity index (χ1n) is 5.86. The highest BCUT2D eigenvalue weighted by Gasteiger charge is 2.21. The van der Waals surface area contributed by atoms with Crippen molar-refractivity contribution < 1.29 is 9.59 Å². The molecule has 108 valence electrons. The van der Waals surface area contributed by atoms with Crippen LogP contribution in [0.1, 0.15) is 27.1 Å². The molecular weight excluding hydrogens is 354 g/mol. The van der Waals surface area contributed by atoms with Gasteiger partial charge in [-0.3, -0.25) is 9.59 Å². The quantitative estimate of drug-likeness (QED) is 0.512. The van der Waals surface area contributed by atoms with E-state index < -0.39 is 18.0 Å². The van der Waals surface area contributed by atoms with E-state index in [0.717, 1.165) is 0 Å². The molecule has 0 heterocycles. The molecular formula is C15H8Cl4O2. The van der Waals surface area contributed by atoms with E-state index in [1.54, 1.807) is 12.1 Å². The molecule has 0 aliphatic rings. The summed E-state index contributed by atoms with van der Waals surface area (Å²) in [5, 5.41) is 0.798. The molecule has 0 aliphatic carbocycles. The molecule has 2 aromatic carbocycles. The van der Waals surface area contributed by atoms with E-state index in [0.29, 0.717) is 0 Å². The molecule has 0 amide bonds. The fraction of sp³-hybridized carbons (Fsp3) is 0.0667. The molecule has 0 radical (unpaired) electrons. The van der Waals surface area contributed by atoms with Gasteiger partial charge in [-0.25, -0.2) is 0 Å². The van der Waals surface area contributed by atoms with E-state index in [9.17, 15) is 9.59 Å². The minimum absolute atomic E-state index is 0.123. The van der Waals surface area contributed by atoms with Gasteiger partial charge in [0.15, 0.2) is 11.6 Å². The first-order chi connectivity index (χ1) is 9.91. The van der Waals surface area contributed by atoms with Crippen LogP contribution in [0.25, 0.3) is 0 Å². The van der Waals surface area contributed by atoms with Gasteiger partial charge in [0.2, 0.25) is 0 Å². The standard InChI is InChI=1S/C15H8Cl4O2/c16-8-3-1-4-9(17)14(8)12(20)7-13(21)15-10(18)5-2-6-11(15)19/h1-6H,7H2. The Morgan fingerprint density at radius 3 is 1.24 bits per heavy atom. The van der Waals surface area contributed by atoms with Crippen LogP contribution in [0.15, 0.2) is 36.4 Å². The van der Waals surface area contributed by atoms with Gasteiger partial charge in [0.25, 0.3) is 0 Å². The zero-order chi connectivity index (χ0) is 15.6. The lowest BCUT2D eigenvalue weighted by molar-refractivity contribution is 0.0894. The summed E-state index contributed by atoms with van der Waals surface area (Å²) in [7, 11) is 0. The average Bonchev–Trinajstić information content (AvgIpc) is 2.38. The summed E-state index contributed by atoms with van der Waals surface area (Å²) in [5.74, 6) is -0.960. The number of carbonyl (C=O) groups excluding carboxylic acids is 2. The van der Waals surface area contributed by atoms with Crippen LogP contribution in [0.3, 0.4) is 0 Å². The number of hydrogen-bond donors (Lipinski definition) is 0. The average molecular weight is 362 g/mol. The number of Topliss-reactive ketones (excluding diaryl/α,β-unsaturated/α-hetero) is 2. The predicted molar refractivity (Wildman–Crippen MR) is 86.2 cm³/mol. The predicted octanol–water partition coefficient (Wildman–Crippen LogP) is 5.76. The van der Waals surface area contributed by atoms with Gasteiger partial charge < -0.3 is 0 Å². The maximum Gasteiger partial charge on any atom is 0.173 e. The molecule has 2 rings (SSSR count). The Morgan fingerprint density at radius 2 is 0.952 bits per heavy atom. The molecule has 0 aliphatic heterocycles. The van der Waals surface area contributed by atoms with Crippen molar-refractivity contribution in [2.24, 2.45) is 0 Å². The molecule has 0 unspecified atom stereocenters. The van der Waals surface area contributed by atoms with Gasteiger partial charge in [-0.05, 0) is 24.3 Å². The highest BCUT2D eigenvalue weighted by Crippen LogP contribution is 2.29. The number of ketones is 2. The van der Waals surface area contributed by atoms with Crippen LogP contribution in [-0.4, -0.2) is 11.6 Å². The normalized spacial score (nSPS) is 10.5. The van der Waals surface area contributed by atoms with Gasteiger partial charge in [-0.15, -0.1) is 0 Å². The van der Waals surface area contributed by atoms with E-state index in [1.807, 2.05) is 0 Å². The van der Waals surface area contributed by atoms with Gasteiger partial charge in [0, 0.05) is 0 Å². The van der Waals surface area contributed by atoms with Gasteiger partial charge in [0.1, 0.15) is 0 Å². The van der Waals surface area contributed by atoms with E-state index in [-0.39, 0.29) is 31.2 Å². The zero-order valence-electron chi connectivity index (χ0n) is 10.5. The van der Waals surface area contributed by atoms with Gasteiger partial charge in [-0.1, -0.05) is 58.5 Å². The Morgan fingerprint density at radius 1 is 0.667 bits per heavy atom. The van der Waals surface area contributed by atoms with Crippen molar-refractivity contribution in [1.29, 1.82) is 0 Å². The molecule has 0 spiro atoms. The van der Waals surface area contributed by atoms with Crippen LogP contribution in [0, 0.1) is 0 Å². The van der Waals surface area contributed by atoms with Gasteiger partial charge in [-0.2, -0.15) is 0 Å². The largest absolute Gasteiger partial charge is 0.294 e. The second kappa shape index (κ2) is 6.80. The molecule has 2 nitrogen and oxygen atoms in total. The lowest BCUT2D eigenvalue weighted by Crippen LogP contribution is -2.10. The van der Waals surface area contributed by atoms with Crippen molar-refractivity contribution in [3.05, 3.63) is 67.6 Å². The van der Waals surface area contributed by atoms with Crippen molar-refractivity contribution in [1.82, 2.24) is 0 Å². The van der Waals surface area contributed by atoms with Crippen LogP contribution < -0.4 is 0 Å². The van der Waals surface area contributed by atoms with Crippen molar-refractivity contribution in [2.45, 2.75) is 6.42 Å². The highest BCUT2D eigenvalue weighted by atomic mass is 35.5. The molecule has 0 fully saturated rings. The monoisotopic (exact) mass is 360 g/mol. The fourth-order valence-corrected chi connectivity index (χ4v) is 3.07. The third-order valence-electron chi connectivity index (χ3n) is 2.80. The third-order valence-corrected chi connectivity index (χ3v) is 4.06. The number of carbonyl (C=O) groups is 2. The van der Waals surface area contributed by atoms with Crippen molar-refractivity contribution in [3.63, 3.8) is 0 Å². The van der Waals surface area contributed by atoms with Gasteiger partial charge in [0.05, 0.1) is 37.6 Å². The molecule has 0 aromatic heterocycles. The Kier molecular flexibility index (Phi) is 5.28. The molecule has 0 saturated carbocycles. The fourth-order valence-electron chi connectivity index (χ4n) is 1.85. The zero-order valence-corrected chi connectivity index (χ0v) is 13.5. The molecule has 0 bridgehead atoms. The Hall–Kier alpha value is -1.06. The number of hydrogen-bond acceptors (Lipinski definition) is 2. The van der Waals surface area contributed by atoms with Gasteiger partial charge >= 0.3 is 0 Å². The van der Waals surface area contributed by atoms with E-state index in [1.165, 1.54) is 24.3 Å². The Labute approximate surface area is 141 Å². The van der Waals surface area contributed by atoms with Crippen LogP contribution in [-0.2, 0) is 0 Å². The summed E-state index contributed by atoms with van der Waals surface area (Å²) in [6.45, 7) is 0. The van der Waals surface area contributed by atoms with Crippen LogP contribution in [0.2, 0.25) is 20.1 Å². The van der Waals surface area contributed by atoms with E-state index >= 15 is 0 Å². The van der Waals surface area contributed by atoms with E-state index in [2.05, 4.69) is 0 Å². The summed E-state index contributed by atoms with van der Waals surface area (Å²) in [6, 6.07) is 9.38. The highest BCUT2D eigenvalue weighted by molar-refractivity contribution is 6.42. The minimum atomic E-state index is -0.480. The smallest absolute Gasteiger partial charge is 0.173 e. The third kappa shape index (κ3) is 3.58. The Balaban J connectivity index is 2.30. The van der Waals surface area contributed by atoms with E-state index in [4.69, 9.17) is 46.4 Å². The SMILES string of the molecule is O=C(CC(=O)c1c(Cl)cccc1Cl)c1c(Cl)cccc1Cl. The maximum atomic E-state index is 12.2. The molecule has 2 aromatic rings. The summed E-state index contributed by atoms with van der Waals surface area (Å²) in [4.78, 5) is 24.4. The van der Waals surface area contributed by atoms with Crippen molar-refractivity contribution in [3.8, 4) is 0 Å². The summed E-state index contributed by atoms with van der Waals surface area (Å²) >= 11 is 23.8. The van der Waals surface area contributed by atoms with Crippen LogP contribution in [0.5, 0.6) is 0 Å².